The molecule has 5 heteroatoms. The fraction of sp³-hybridized carbons (Fsp3) is 0.857. The lowest BCUT2D eigenvalue weighted by Gasteiger charge is -2.36. The number of nitrogens with one attached hydrogen (secondary N) is 1. The molecule has 0 spiro atoms. The minimum absolute atomic E-state index is 0.0870. The first kappa shape index (κ1) is 18.1. The standard InChI is InChI=1S/C14H29N3O2/c1-3-17(4-2,11-9-15)12-10-16-14(19)8-6-5-7-13-18/h13H,3-12,15H2,1-2H3/p+1. The van der Waals surface area contributed by atoms with Crippen LogP contribution in [0.4, 0.5) is 0 Å². The van der Waals surface area contributed by atoms with Gasteiger partial charge in [-0.2, -0.15) is 0 Å². The summed E-state index contributed by atoms with van der Waals surface area (Å²) in [6, 6.07) is 0. The molecule has 0 saturated carbocycles. The molecule has 19 heavy (non-hydrogen) atoms. The first-order valence-corrected chi connectivity index (χ1v) is 7.39. The quantitative estimate of drug-likeness (QED) is 0.312. The molecular formula is C14H30N3O2+. The van der Waals surface area contributed by atoms with Gasteiger partial charge in [0.25, 0.3) is 0 Å². The number of hydrogen-bond donors (Lipinski definition) is 2. The summed E-state index contributed by atoms with van der Waals surface area (Å²) in [6.45, 7) is 9.70. The topological polar surface area (TPSA) is 72.2 Å². The lowest BCUT2D eigenvalue weighted by molar-refractivity contribution is -0.922. The summed E-state index contributed by atoms with van der Waals surface area (Å²) in [4.78, 5) is 21.7. The third-order valence-corrected chi connectivity index (χ3v) is 3.83. The van der Waals surface area contributed by atoms with Crippen molar-refractivity contribution in [2.45, 2.75) is 39.5 Å². The number of hydrogen-bond acceptors (Lipinski definition) is 3. The number of unbranched alkanes of at least 4 members (excludes halogenated alkanes) is 2. The Hall–Kier alpha value is -0.940. The Morgan fingerprint density at radius 1 is 1.21 bits per heavy atom. The van der Waals surface area contributed by atoms with E-state index in [0.717, 1.165) is 49.8 Å². The Bertz CT molecular complexity index is 253. The monoisotopic (exact) mass is 272 g/mol. The van der Waals surface area contributed by atoms with E-state index < -0.39 is 0 Å². The van der Waals surface area contributed by atoms with Gasteiger partial charge >= 0.3 is 0 Å². The van der Waals surface area contributed by atoms with Gasteiger partial charge in [-0.05, 0) is 26.7 Å². The van der Waals surface area contributed by atoms with Gasteiger partial charge in [-0.15, -0.1) is 0 Å². The number of likely N-dealkylation sites (N-methyl/N-ethyl adjacent to an activating group) is 1. The van der Waals surface area contributed by atoms with Gasteiger partial charge in [0, 0.05) is 19.4 Å². The van der Waals surface area contributed by atoms with E-state index in [4.69, 9.17) is 5.73 Å². The highest BCUT2D eigenvalue weighted by molar-refractivity contribution is 5.75. The zero-order valence-corrected chi connectivity index (χ0v) is 12.5. The predicted molar refractivity (Wildman–Crippen MR) is 77.7 cm³/mol. The normalized spacial score (nSPS) is 11.3. The van der Waals surface area contributed by atoms with E-state index in [0.29, 0.717) is 25.9 Å². The number of aldehydes is 1. The molecule has 0 heterocycles. The lowest BCUT2D eigenvalue weighted by Crippen LogP contribution is -2.53. The van der Waals surface area contributed by atoms with Crippen LogP contribution in [0.2, 0.25) is 0 Å². The second-order valence-electron chi connectivity index (χ2n) is 4.97. The van der Waals surface area contributed by atoms with Crippen LogP contribution in [0.25, 0.3) is 0 Å². The molecule has 0 radical (unpaired) electrons. The molecule has 112 valence electrons. The van der Waals surface area contributed by atoms with Crippen molar-refractivity contribution in [3.8, 4) is 0 Å². The summed E-state index contributed by atoms with van der Waals surface area (Å²) >= 11 is 0. The maximum Gasteiger partial charge on any atom is 0.220 e. The molecule has 1 amide bonds. The number of quaternary nitrogens is 1. The van der Waals surface area contributed by atoms with Gasteiger partial charge in [-0.1, -0.05) is 0 Å². The zero-order valence-electron chi connectivity index (χ0n) is 12.5. The third-order valence-electron chi connectivity index (χ3n) is 3.83. The molecule has 0 fully saturated rings. The molecule has 0 aliphatic rings. The summed E-state index contributed by atoms with van der Waals surface area (Å²) in [5.74, 6) is 0.0870. The Labute approximate surface area is 117 Å². The number of nitrogens with two attached hydrogens (primary N) is 1. The smallest absolute Gasteiger partial charge is 0.220 e. The fourth-order valence-corrected chi connectivity index (χ4v) is 2.28. The van der Waals surface area contributed by atoms with E-state index in [9.17, 15) is 9.59 Å². The first-order valence-electron chi connectivity index (χ1n) is 7.39. The van der Waals surface area contributed by atoms with Crippen LogP contribution < -0.4 is 11.1 Å². The van der Waals surface area contributed by atoms with Gasteiger partial charge in [-0.3, -0.25) is 4.79 Å². The van der Waals surface area contributed by atoms with Crippen molar-refractivity contribution in [2.75, 3.05) is 39.3 Å². The molecule has 3 N–H and O–H groups in total. The maximum absolute atomic E-state index is 11.6. The van der Waals surface area contributed by atoms with Crippen molar-refractivity contribution < 1.29 is 14.1 Å². The van der Waals surface area contributed by atoms with Gasteiger partial charge in [0.15, 0.2) is 0 Å². The number of carbonyl (C=O) groups is 2. The lowest BCUT2D eigenvalue weighted by atomic mass is 10.2. The van der Waals surface area contributed by atoms with Crippen molar-refractivity contribution in [3.63, 3.8) is 0 Å². The molecule has 0 aromatic heterocycles. The van der Waals surface area contributed by atoms with Crippen LogP contribution in [-0.2, 0) is 9.59 Å². The predicted octanol–water partition coefficient (Wildman–Crippen LogP) is 0.677. The molecule has 0 aromatic rings. The van der Waals surface area contributed by atoms with E-state index >= 15 is 0 Å². The van der Waals surface area contributed by atoms with E-state index in [1.54, 1.807) is 0 Å². The summed E-state index contributed by atoms with van der Waals surface area (Å²) in [6.07, 6.45) is 3.56. The van der Waals surface area contributed by atoms with Gasteiger partial charge in [-0.25, -0.2) is 0 Å². The molecule has 0 bridgehead atoms. The van der Waals surface area contributed by atoms with Crippen LogP contribution in [0.3, 0.4) is 0 Å². The highest BCUT2D eigenvalue weighted by Gasteiger charge is 2.21. The van der Waals surface area contributed by atoms with E-state index in [1.807, 2.05) is 0 Å². The number of amides is 1. The Kier molecular flexibility index (Phi) is 10.4. The van der Waals surface area contributed by atoms with Crippen LogP contribution in [0.15, 0.2) is 0 Å². The Morgan fingerprint density at radius 3 is 2.42 bits per heavy atom. The van der Waals surface area contributed by atoms with Crippen LogP contribution in [0.1, 0.15) is 39.5 Å². The van der Waals surface area contributed by atoms with E-state index in [1.165, 1.54) is 0 Å². The SMILES string of the molecule is CC[N+](CC)(CCN)CCNC(=O)CCCCC=O. The average molecular weight is 272 g/mol. The van der Waals surface area contributed by atoms with Gasteiger partial charge in [0.2, 0.25) is 5.91 Å². The van der Waals surface area contributed by atoms with Crippen LogP contribution in [-0.4, -0.2) is 55.9 Å². The van der Waals surface area contributed by atoms with Crippen LogP contribution >= 0.6 is 0 Å². The molecule has 0 aliphatic heterocycles. The van der Waals surface area contributed by atoms with Crippen molar-refractivity contribution in [1.82, 2.24) is 5.32 Å². The molecule has 0 aromatic carbocycles. The van der Waals surface area contributed by atoms with Crippen molar-refractivity contribution in [3.05, 3.63) is 0 Å². The Morgan fingerprint density at radius 2 is 1.89 bits per heavy atom. The van der Waals surface area contributed by atoms with Crippen molar-refractivity contribution >= 4 is 12.2 Å². The highest BCUT2D eigenvalue weighted by atomic mass is 16.1. The second-order valence-corrected chi connectivity index (χ2v) is 4.97. The summed E-state index contributed by atoms with van der Waals surface area (Å²) in [7, 11) is 0. The minimum atomic E-state index is 0.0870. The van der Waals surface area contributed by atoms with Crippen LogP contribution in [0, 0.1) is 0 Å². The van der Waals surface area contributed by atoms with Crippen LogP contribution in [0.5, 0.6) is 0 Å². The average Bonchev–Trinajstić information content (AvgIpc) is 2.42. The number of carbonyl (C=O) groups excluding carboxylic acids is 2. The third kappa shape index (κ3) is 7.95. The molecule has 0 aliphatic carbocycles. The fourth-order valence-electron chi connectivity index (χ4n) is 2.28. The largest absolute Gasteiger partial charge is 0.350 e. The molecule has 5 nitrogen and oxygen atoms in total. The number of nitrogens with zero attached hydrogens (tertiary/aromatic N) is 1. The molecular weight excluding hydrogens is 242 g/mol. The van der Waals surface area contributed by atoms with Gasteiger partial charge in [0.1, 0.15) is 6.29 Å². The van der Waals surface area contributed by atoms with Gasteiger partial charge < -0.3 is 20.3 Å². The Balaban J connectivity index is 3.85. The molecule has 0 rings (SSSR count). The second kappa shape index (κ2) is 10.9. The van der Waals surface area contributed by atoms with Crippen molar-refractivity contribution in [1.29, 1.82) is 0 Å². The summed E-state index contributed by atoms with van der Waals surface area (Å²) in [5.41, 5.74) is 5.66. The maximum atomic E-state index is 11.6. The summed E-state index contributed by atoms with van der Waals surface area (Å²) in [5, 5.41) is 2.96. The summed E-state index contributed by atoms with van der Waals surface area (Å²) < 4.78 is 0.960. The highest BCUT2D eigenvalue weighted by Crippen LogP contribution is 2.04. The van der Waals surface area contributed by atoms with Crippen molar-refractivity contribution in [2.24, 2.45) is 5.73 Å². The first-order chi connectivity index (χ1) is 9.14. The van der Waals surface area contributed by atoms with E-state index in [-0.39, 0.29) is 5.91 Å². The molecule has 0 saturated heterocycles. The minimum Gasteiger partial charge on any atom is -0.350 e. The van der Waals surface area contributed by atoms with Gasteiger partial charge in [0.05, 0.1) is 32.7 Å². The molecule has 0 unspecified atom stereocenters. The molecule has 0 atom stereocenters. The number of rotatable bonds is 12. The van der Waals surface area contributed by atoms with E-state index in [2.05, 4.69) is 19.2 Å². The zero-order chi connectivity index (χ0) is 14.6.